The Kier molecular flexibility index (Phi) is 4.92. The van der Waals surface area contributed by atoms with Crippen LogP contribution in [-0.2, 0) is 10.0 Å². The van der Waals surface area contributed by atoms with E-state index in [4.69, 9.17) is 4.42 Å². The highest BCUT2D eigenvalue weighted by atomic mass is 79.9. The minimum Gasteiger partial charge on any atom is -0.451 e. The highest BCUT2D eigenvalue weighted by Gasteiger charge is 2.21. The maximum absolute atomic E-state index is 12.5. The number of rotatable bonds is 4. The summed E-state index contributed by atoms with van der Waals surface area (Å²) in [4.78, 5) is 12.6. The summed E-state index contributed by atoms with van der Waals surface area (Å²) in [6.07, 6.45) is 0. The van der Waals surface area contributed by atoms with E-state index in [1.807, 2.05) is 12.1 Å². The summed E-state index contributed by atoms with van der Waals surface area (Å²) in [5.74, 6) is -0.301. The number of hydrogen-bond acceptors (Lipinski definition) is 4. The molecule has 3 aromatic rings. The number of halogens is 1. The average Bonchev–Trinajstić information content (AvgIpc) is 2.99. The van der Waals surface area contributed by atoms with E-state index < -0.39 is 15.9 Å². The van der Waals surface area contributed by atoms with E-state index >= 15 is 0 Å². The van der Waals surface area contributed by atoms with E-state index in [0.29, 0.717) is 16.8 Å². The van der Waals surface area contributed by atoms with Crippen LogP contribution in [0.5, 0.6) is 0 Å². The van der Waals surface area contributed by atoms with E-state index in [2.05, 4.69) is 21.2 Å². The van der Waals surface area contributed by atoms with Gasteiger partial charge < -0.3 is 9.73 Å². The van der Waals surface area contributed by atoms with Crippen molar-refractivity contribution >= 4 is 48.5 Å². The molecule has 0 radical (unpaired) electrons. The molecule has 0 aliphatic heterocycles. The average molecular weight is 437 g/mol. The second kappa shape index (κ2) is 6.86. The molecule has 0 atom stereocenters. The Morgan fingerprint density at radius 2 is 1.85 bits per heavy atom. The zero-order chi connectivity index (χ0) is 19.1. The van der Waals surface area contributed by atoms with Crippen LogP contribution in [0.4, 0.5) is 5.69 Å². The normalized spacial score (nSPS) is 11.9. The molecule has 0 fully saturated rings. The summed E-state index contributed by atoms with van der Waals surface area (Å²) in [6, 6.07) is 11.8. The van der Waals surface area contributed by atoms with Gasteiger partial charge in [-0.05, 0) is 48.9 Å². The smallest absolute Gasteiger partial charge is 0.291 e. The number of amides is 1. The third-order valence-corrected chi connectivity index (χ3v) is 6.36. The molecule has 136 valence electrons. The number of furan rings is 1. The molecule has 8 heteroatoms. The number of benzene rings is 2. The molecule has 0 bridgehead atoms. The molecule has 3 rings (SSSR count). The summed E-state index contributed by atoms with van der Waals surface area (Å²) in [5, 5.41) is 3.48. The van der Waals surface area contributed by atoms with Crippen molar-refractivity contribution in [1.82, 2.24) is 4.31 Å². The second-order valence-corrected chi connectivity index (χ2v) is 9.05. The molecule has 1 N–H and O–H groups in total. The van der Waals surface area contributed by atoms with Gasteiger partial charge in [-0.3, -0.25) is 4.79 Å². The monoisotopic (exact) mass is 436 g/mol. The van der Waals surface area contributed by atoms with Crippen molar-refractivity contribution in [1.29, 1.82) is 0 Å². The third-order valence-electron chi connectivity index (χ3n) is 3.91. The van der Waals surface area contributed by atoms with Crippen molar-refractivity contribution in [3.05, 3.63) is 58.3 Å². The van der Waals surface area contributed by atoms with Gasteiger partial charge in [-0.15, -0.1) is 0 Å². The van der Waals surface area contributed by atoms with E-state index in [1.165, 1.54) is 20.2 Å². The Bertz CT molecular complexity index is 1100. The van der Waals surface area contributed by atoms with Crippen LogP contribution in [-0.4, -0.2) is 32.7 Å². The lowest BCUT2D eigenvalue weighted by Gasteiger charge is -2.15. The summed E-state index contributed by atoms with van der Waals surface area (Å²) in [6.45, 7) is 1.71. The third kappa shape index (κ3) is 3.53. The second-order valence-electron chi connectivity index (χ2n) is 6.01. The number of anilines is 1. The van der Waals surface area contributed by atoms with Crippen LogP contribution < -0.4 is 5.32 Å². The number of sulfonamides is 1. The molecule has 0 aliphatic rings. The molecule has 0 unspecified atom stereocenters. The summed E-state index contributed by atoms with van der Waals surface area (Å²) in [5.41, 5.74) is 1.58. The van der Waals surface area contributed by atoms with Crippen LogP contribution in [0.3, 0.4) is 0 Å². The number of fused-ring (bicyclic) bond motifs is 1. The van der Waals surface area contributed by atoms with Gasteiger partial charge in [0.15, 0.2) is 5.76 Å². The number of nitrogens with one attached hydrogen (secondary N) is 1. The molecule has 1 amide bonds. The van der Waals surface area contributed by atoms with Gasteiger partial charge in [-0.1, -0.05) is 22.0 Å². The zero-order valence-corrected chi connectivity index (χ0v) is 16.8. The topological polar surface area (TPSA) is 79.6 Å². The fourth-order valence-electron chi connectivity index (χ4n) is 2.47. The van der Waals surface area contributed by atoms with Gasteiger partial charge in [0.1, 0.15) is 5.58 Å². The Labute approximate surface area is 160 Å². The van der Waals surface area contributed by atoms with Gasteiger partial charge in [0, 0.05) is 29.6 Å². The number of carbonyl (C=O) groups is 1. The lowest BCUT2D eigenvalue weighted by molar-refractivity contribution is 0.0998. The Hall–Kier alpha value is -2.16. The molecule has 0 aliphatic carbocycles. The minimum atomic E-state index is -3.60. The first-order valence-electron chi connectivity index (χ1n) is 7.72. The summed E-state index contributed by atoms with van der Waals surface area (Å²) >= 11 is 3.37. The molecule has 0 saturated heterocycles. The lowest BCUT2D eigenvalue weighted by Crippen LogP contribution is -2.23. The van der Waals surface area contributed by atoms with E-state index in [-0.39, 0.29) is 10.7 Å². The van der Waals surface area contributed by atoms with Crippen LogP contribution in [0.25, 0.3) is 11.0 Å². The van der Waals surface area contributed by atoms with Crippen LogP contribution >= 0.6 is 15.9 Å². The zero-order valence-electron chi connectivity index (χ0n) is 14.4. The van der Waals surface area contributed by atoms with Gasteiger partial charge in [-0.25, -0.2) is 12.7 Å². The van der Waals surface area contributed by atoms with Crippen molar-refractivity contribution < 1.29 is 17.6 Å². The number of carbonyl (C=O) groups excluding carboxylic acids is 1. The molecule has 26 heavy (non-hydrogen) atoms. The Morgan fingerprint density at radius 3 is 2.54 bits per heavy atom. The number of hydrogen-bond donors (Lipinski definition) is 1. The molecule has 2 aromatic carbocycles. The highest BCUT2D eigenvalue weighted by molar-refractivity contribution is 9.10. The molecule has 0 saturated carbocycles. The molecular weight excluding hydrogens is 420 g/mol. The summed E-state index contributed by atoms with van der Waals surface area (Å²) in [7, 11) is -0.673. The minimum absolute atomic E-state index is 0.147. The van der Waals surface area contributed by atoms with Crippen LogP contribution in [0, 0.1) is 6.92 Å². The van der Waals surface area contributed by atoms with Gasteiger partial charge in [0.2, 0.25) is 10.0 Å². The van der Waals surface area contributed by atoms with Crippen LogP contribution in [0.15, 0.2) is 56.2 Å². The first-order chi connectivity index (χ1) is 12.2. The van der Waals surface area contributed by atoms with Gasteiger partial charge in [0.05, 0.1) is 4.90 Å². The van der Waals surface area contributed by atoms with Crippen molar-refractivity contribution in [2.45, 2.75) is 11.8 Å². The maximum atomic E-state index is 12.5. The molecule has 1 heterocycles. The number of aryl methyl sites for hydroxylation is 1. The van der Waals surface area contributed by atoms with Crippen LogP contribution in [0.2, 0.25) is 0 Å². The number of nitrogens with zero attached hydrogens (tertiary/aromatic N) is 1. The maximum Gasteiger partial charge on any atom is 0.291 e. The first-order valence-corrected chi connectivity index (χ1v) is 9.95. The predicted octanol–water partition coefficient (Wildman–Crippen LogP) is 4.01. The van der Waals surface area contributed by atoms with Gasteiger partial charge in [-0.2, -0.15) is 0 Å². The fraction of sp³-hybridized carbons (Fsp3) is 0.167. The van der Waals surface area contributed by atoms with Crippen molar-refractivity contribution in [3.63, 3.8) is 0 Å². The van der Waals surface area contributed by atoms with Crippen molar-refractivity contribution in [3.8, 4) is 0 Å². The fourth-order valence-corrected chi connectivity index (χ4v) is 3.99. The van der Waals surface area contributed by atoms with Crippen LogP contribution in [0.1, 0.15) is 16.1 Å². The lowest BCUT2D eigenvalue weighted by atomic mass is 10.2. The Balaban J connectivity index is 1.91. The first kappa shape index (κ1) is 18.6. The predicted molar refractivity (Wildman–Crippen MR) is 104 cm³/mol. The van der Waals surface area contributed by atoms with Gasteiger partial charge >= 0.3 is 0 Å². The standard InChI is InChI=1S/C18H17BrN2O4S/c1-11-4-6-14(10-17(11)26(23,24)21(2)3)20-18(22)16-9-12-8-13(19)5-7-15(12)25-16/h4-10H,1-3H3,(H,20,22). The molecular formula is C18H17BrN2O4S. The summed E-state index contributed by atoms with van der Waals surface area (Å²) < 4.78 is 32.4. The highest BCUT2D eigenvalue weighted by Crippen LogP contribution is 2.25. The van der Waals surface area contributed by atoms with Crippen molar-refractivity contribution in [2.75, 3.05) is 19.4 Å². The SMILES string of the molecule is Cc1ccc(NC(=O)c2cc3cc(Br)ccc3o2)cc1S(=O)(=O)N(C)C. The molecule has 1 aromatic heterocycles. The molecule has 0 spiro atoms. The van der Waals surface area contributed by atoms with E-state index in [1.54, 1.807) is 31.2 Å². The Morgan fingerprint density at radius 1 is 1.12 bits per heavy atom. The van der Waals surface area contributed by atoms with Crippen molar-refractivity contribution in [2.24, 2.45) is 0 Å². The van der Waals surface area contributed by atoms with E-state index in [9.17, 15) is 13.2 Å². The van der Waals surface area contributed by atoms with E-state index in [0.717, 1.165) is 14.2 Å². The largest absolute Gasteiger partial charge is 0.451 e. The van der Waals surface area contributed by atoms with Gasteiger partial charge in [0.25, 0.3) is 5.91 Å². The quantitative estimate of drug-likeness (QED) is 0.669. The molecule has 6 nitrogen and oxygen atoms in total.